The lowest BCUT2D eigenvalue weighted by Gasteiger charge is -2.55. The third-order valence-electron chi connectivity index (χ3n) is 7.17. The van der Waals surface area contributed by atoms with Gasteiger partial charge in [0.05, 0.1) is 19.3 Å². The molecule has 2 N–H and O–H groups in total. The largest absolute Gasteiger partial charge is 0.379 e. The van der Waals surface area contributed by atoms with Gasteiger partial charge in [0, 0.05) is 51.3 Å². The van der Waals surface area contributed by atoms with Crippen LogP contribution in [0.5, 0.6) is 0 Å². The highest BCUT2D eigenvalue weighted by atomic mass is 16.5. The van der Waals surface area contributed by atoms with Gasteiger partial charge in [-0.15, -0.1) is 10.2 Å². The van der Waals surface area contributed by atoms with Crippen molar-refractivity contribution >= 4 is 5.96 Å². The fourth-order valence-electron chi connectivity index (χ4n) is 4.80. The number of hydrogen-bond acceptors (Lipinski definition) is 6. The normalized spacial score (nSPS) is 24.1. The average molecular weight is 436 g/mol. The zero-order valence-corrected chi connectivity index (χ0v) is 20.0. The van der Waals surface area contributed by atoms with Gasteiger partial charge in [0.2, 0.25) is 0 Å². The number of nitrogens with one attached hydrogen (secondary N) is 2. The standard InChI is InChI=1S/C22H41N7O2/c1-6-22(7-2)18(15-19(22)31-8-3)25-21(23-9-10-29-11-13-30-14-12-29)24-16-20-27-26-17(4)28(20)5/h18-19H,6-16H2,1-5H3,(H2,23,24,25). The van der Waals surface area contributed by atoms with Crippen LogP contribution in [0.1, 0.15) is 51.7 Å². The van der Waals surface area contributed by atoms with Crippen molar-refractivity contribution in [1.82, 2.24) is 30.3 Å². The van der Waals surface area contributed by atoms with E-state index in [2.05, 4.69) is 46.5 Å². The van der Waals surface area contributed by atoms with Crippen LogP contribution in [0.3, 0.4) is 0 Å². The molecule has 0 bridgehead atoms. The minimum atomic E-state index is 0.157. The summed E-state index contributed by atoms with van der Waals surface area (Å²) in [6.45, 7) is 15.3. The van der Waals surface area contributed by atoms with E-state index in [1.807, 2.05) is 18.5 Å². The number of aryl methyl sites for hydroxylation is 1. The Hall–Kier alpha value is -1.71. The molecule has 176 valence electrons. The molecule has 0 spiro atoms. The maximum Gasteiger partial charge on any atom is 0.191 e. The Kier molecular flexibility index (Phi) is 8.68. The van der Waals surface area contributed by atoms with E-state index >= 15 is 0 Å². The first-order chi connectivity index (χ1) is 15.0. The molecule has 0 aromatic carbocycles. The molecule has 2 atom stereocenters. The van der Waals surface area contributed by atoms with Gasteiger partial charge in [-0.05, 0) is 33.1 Å². The summed E-state index contributed by atoms with van der Waals surface area (Å²) < 4.78 is 13.5. The second-order valence-corrected chi connectivity index (χ2v) is 8.58. The predicted molar refractivity (Wildman–Crippen MR) is 122 cm³/mol. The predicted octanol–water partition coefficient (Wildman–Crippen LogP) is 1.47. The Balaban J connectivity index is 1.65. The SMILES string of the molecule is CCOC1CC(NC(=NCc2nnc(C)n2C)NCCN2CCOCC2)C1(CC)CC. The summed E-state index contributed by atoms with van der Waals surface area (Å²) in [5.74, 6) is 2.61. The van der Waals surface area contributed by atoms with Crippen LogP contribution < -0.4 is 10.6 Å². The van der Waals surface area contributed by atoms with Crippen LogP contribution in [0, 0.1) is 12.3 Å². The molecule has 3 rings (SSSR count). The highest BCUT2D eigenvalue weighted by Crippen LogP contribution is 2.48. The van der Waals surface area contributed by atoms with Crippen LogP contribution in [-0.4, -0.2) is 83.8 Å². The lowest BCUT2D eigenvalue weighted by atomic mass is 9.58. The second kappa shape index (κ2) is 11.2. The van der Waals surface area contributed by atoms with E-state index in [0.717, 1.165) is 82.9 Å². The van der Waals surface area contributed by atoms with Gasteiger partial charge < -0.3 is 24.7 Å². The quantitative estimate of drug-likeness (QED) is 0.425. The summed E-state index contributed by atoms with van der Waals surface area (Å²) in [6, 6.07) is 0.356. The lowest BCUT2D eigenvalue weighted by Crippen LogP contribution is -2.65. The first-order valence-electron chi connectivity index (χ1n) is 11.8. The molecule has 1 aromatic rings. The van der Waals surface area contributed by atoms with E-state index in [4.69, 9.17) is 14.5 Å². The number of aromatic nitrogens is 3. The minimum absolute atomic E-state index is 0.157. The molecular formula is C22H41N7O2. The van der Waals surface area contributed by atoms with Crippen molar-refractivity contribution in [2.75, 3.05) is 46.0 Å². The zero-order chi connectivity index (χ0) is 22.3. The molecule has 1 aliphatic heterocycles. The van der Waals surface area contributed by atoms with Crippen molar-refractivity contribution in [2.24, 2.45) is 17.5 Å². The van der Waals surface area contributed by atoms with Gasteiger partial charge in [0.1, 0.15) is 12.4 Å². The summed E-state index contributed by atoms with van der Waals surface area (Å²) in [5.41, 5.74) is 0.157. The topological polar surface area (TPSA) is 88.8 Å². The van der Waals surface area contributed by atoms with Crippen LogP contribution in [-0.2, 0) is 23.1 Å². The fourth-order valence-corrected chi connectivity index (χ4v) is 4.80. The molecule has 1 saturated heterocycles. The third kappa shape index (κ3) is 5.56. The number of nitrogens with zero attached hydrogens (tertiary/aromatic N) is 5. The van der Waals surface area contributed by atoms with Crippen LogP contribution >= 0.6 is 0 Å². The van der Waals surface area contributed by atoms with Gasteiger partial charge in [-0.25, -0.2) is 4.99 Å². The Labute approximate surface area is 187 Å². The average Bonchev–Trinajstić information content (AvgIpc) is 3.10. The molecule has 0 radical (unpaired) electrons. The van der Waals surface area contributed by atoms with E-state index in [1.54, 1.807) is 0 Å². The number of hydrogen-bond donors (Lipinski definition) is 2. The lowest BCUT2D eigenvalue weighted by molar-refractivity contribution is -0.133. The summed E-state index contributed by atoms with van der Waals surface area (Å²) in [7, 11) is 1.98. The molecule has 2 aliphatic rings. The molecule has 9 nitrogen and oxygen atoms in total. The van der Waals surface area contributed by atoms with Gasteiger partial charge in [-0.2, -0.15) is 0 Å². The van der Waals surface area contributed by atoms with Crippen LogP contribution in [0.15, 0.2) is 4.99 Å². The third-order valence-corrected chi connectivity index (χ3v) is 7.17. The van der Waals surface area contributed by atoms with Gasteiger partial charge in [-0.3, -0.25) is 4.90 Å². The van der Waals surface area contributed by atoms with Crippen molar-refractivity contribution in [1.29, 1.82) is 0 Å². The van der Waals surface area contributed by atoms with E-state index < -0.39 is 0 Å². The summed E-state index contributed by atoms with van der Waals surface area (Å²) in [6.07, 6.45) is 3.52. The summed E-state index contributed by atoms with van der Waals surface area (Å²) in [4.78, 5) is 7.29. The number of aliphatic imine (C=N–C) groups is 1. The van der Waals surface area contributed by atoms with Crippen LogP contribution in [0.25, 0.3) is 0 Å². The highest BCUT2D eigenvalue weighted by molar-refractivity contribution is 5.80. The van der Waals surface area contributed by atoms with Crippen LogP contribution in [0.4, 0.5) is 0 Å². The van der Waals surface area contributed by atoms with Gasteiger partial charge >= 0.3 is 0 Å². The molecule has 9 heteroatoms. The first-order valence-corrected chi connectivity index (χ1v) is 11.8. The van der Waals surface area contributed by atoms with Crippen molar-refractivity contribution in [3.8, 4) is 0 Å². The van der Waals surface area contributed by atoms with Gasteiger partial charge in [0.15, 0.2) is 11.8 Å². The second-order valence-electron chi connectivity index (χ2n) is 8.58. The smallest absolute Gasteiger partial charge is 0.191 e. The maximum atomic E-state index is 6.06. The molecule has 31 heavy (non-hydrogen) atoms. The zero-order valence-electron chi connectivity index (χ0n) is 20.0. The number of morpholine rings is 1. The maximum absolute atomic E-state index is 6.06. The Morgan fingerprint density at radius 1 is 1.23 bits per heavy atom. The highest BCUT2D eigenvalue weighted by Gasteiger charge is 2.53. The van der Waals surface area contributed by atoms with E-state index in [-0.39, 0.29) is 5.41 Å². The summed E-state index contributed by atoms with van der Waals surface area (Å²) >= 11 is 0. The monoisotopic (exact) mass is 435 g/mol. The van der Waals surface area contributed by atoms with Crippen molar-refractivity contribution in [3.05, 3.63) is 11.6 Å². The molecular weight excluding hydrogens is 394 g/mol. The molecule has 1 aliphatic carbocycles. The molecule has 2 unspecified atom stereocenters. The van der Waals surface area contributed by atoms with Crippen molar-refractivity contribution in [3.63, 3.8) is 0 Å². The number of rotatable bonds is 10. The Bertz CT molecular complexity index is 711. The summed E-state index contributed by atoms with van der Waals surface area (Å²) in [5, 5.41) is 15.7. The first kappa shape index (κ1) is 23.9. The number of ether oxygens (including phenoxy) is 2. The fraction of sp³-hybridized carbons (Fsp3) is 0.864. The number of guanidine groups is 1. The Morgan fingerprint density at radius 3 is 2.58 bits per heavy atom. The van der Waals surface area contributed by atoms with E-state index in [9.17, 15) is 0 Å². The van der Waals surface area contributed by atoms with E-state index in [0.29, 0.717) is 18.7 Å². The molecule has 1 saturated carbocycles. The van der Waals surface area contributed by atoms with E-state index in [1.165, 1.54) is 0 Å². The Morgan fingerprint density at radius 2 is 1.97 bits per heavy atom. The molecule has 2 heterocycles. The van der Waals surface area contributed by atoms with Gasteiger partial charge in [0.25, 0.3) is 0 Å². The molecule has 2 fully saturated rings. The van der Waals surface area contributed by atoms with Crippen LogP contribution in [0.2, 0.25) is 0 Å². The molecule has 0 amide bonds. The molecule has 1 aromatic heterocycles. The minimum Gasteiger partial charge on any atom is -0.379 e. The van der Waals surface area contributed by atoms with Crippen molar-refractivity contribution < 1.29 is 9.47 Å². The van der Waals surface area contributed by atoms with Crippen molar-refractivity contribution in [2.45, 2.75) is 65.6 Å². The van der Waals surface area contributed by atoms with Gasteiger partial charge in [-0.1, -0.05) is 13.8 Å².